The fraction of sp³-hybridized carbons (Fsp3) is 0.500. The van der Waals surface area contributed by atoms with Gasteiger partial charge in [0.05, 0.1) is 5.54 Å². The molecule has 0 aliphatic heterocycles. The van der Waals surface area contributed by atoms with Crippen LogP contribution in [0.1, 0.15) is 48.9 Å². The molecule has 22 heavy (non-hydrogen) atoms. The third-order valence-electron chi connectivity index (χ3n) is 4.10. The number of nitrogens with two attached hydrogens (primary N) is 1. The van der Waals surface area contributed by atoms with Crippen molar-refractivity contribution in [1.82, 2.24) is 5.32 Å². The van der Waals surface area contributed by atoms with Crippen LogP contribution in [0.4, 0.5) is 0 Å². The van der Waals surface area contributed by atoms with Gasteiger partial charge in [-0.2, -0.15) is 0 Å². The number of benzene rings is 1. The van der Waals surface area contributed by atoms with Crippen molar-refractivity contribution in [2.24, 2.45) is 5.73 Å². The lowest BCUT2D eigenvalue weighted by Crippen LogP contribution is -2.51. The van der Waals surface area contributed by atoms with E-state index in [4.69, 9.17) is 17.3 Å². The van der Waals surface area contributed by atoms with Gasteiger partial charge in [-0.15, -0.1) is 12.4 Å². The van der Waals surface area contributed by atoms with Gasteiger partial charge in [-0.1, -0.05) is 24.4 Å². The first-order valence-electron chi connectivity index (χ1n) is 7.34. The van der Waals surface area contributed by atoms with Crippen molar-refractivity contribution in [1.29, 1.82) is 0 Å². The Labute approximate surface area is 142 Å². The molecule has 4 nitrogen and oxygen atoms in total. The van der Waals surface area contributed by atoms with Crippen LogP contribution in [0.2, 0.25) is 5.02 Å². The molecule has 1 aliphatic rings. The summed E-state index contributed by atoms with van der Waals surface area (Å²) in [6.07, 6.45) is 4.46. The van der Waals surface area contributed by atoms with E-state index >= 15 is 0 Å². The summed E-state index contributed by atoms with van der Waals surface area (Å²) in [7, 11) is 0. The van der Waals surface area contributed by atoms with E-state index in [9.17, 15) is 9.59 Å². The standard InChI is InChI=1S/C16H21ClN2O2.ClH/c17-13-5-3-12(4-6-13)14(20)7-8-15(21)19-16(11-18)9-1-2-10-16;/h3-6H,1-2,7-11,18H2,(H,19,21);1H. The zero-order valence-corrected chi connectivity index (χ0v) is 14.0. The number of hydrogen-bond acceptors (Lipinski definition) is 3. The molecule has 1 saturated carbocycles. The minimum atomic E-state index is -0.250. The van der Waals surface area contributed by atoms with Crippen LogP contribution in [0.3, 0.4) is 0 Å². The molecule has 1 fully saturated rings. The zero-order valence-electron chi connectivity index (χ0n) is 12.4. The molecule has 122 valence electrons. The first kappa shape index (κ1) is 18.9. The predicted molar refractivity (Wildman–Crippen MR) is 90.7 cm³/mol. The van der Waals surface area contributed by atoms with E-state index in [2.05, 4.69) is 5.32 Å². The monoisotopic (exact) mass is 344 g/mol. The SMILES string of the molecule is Cl.NCC1(NC(=O)CCC(=O)c2ccc(Cl)cc2)CCCC1. The van der Waals surface area contributed by atoms with Crippen molar-refractivity contribution in [3.05, 3.63) is 34.9 Å². The summed E-state index contributed by atoms with van der Waals surface area (Å²) in [4.78, 5) is 24.0. The third kappa shape index (κ3) is 4.97. The Morgan fingerprint density at radius 2 is 1.73 bits per heavy atom. The molecule has 1 aromatic rings. The van der Waals surface area contributed by atoms with Crippen molar-refractivity contribution >= 4 is 35.7 Å². The first-order chi connectivity index (χ1) is 10.0. The van der Waals surface area contributed by atoms with Crippen molar-refractivity contribution in [3.63, 3.8) is 0 Å². The smallest absolute Gasteiger partial charge is 0.220 e. The number of Topliss-reactive ketones (excluding diaryl/α,β-unsaturated/α-hetero) is 1. The molecule has 2 rings (SSSR count). The summed E-state index contributed by atoms with van der Waals surface area (Å²) in [5.41, 5.74) is 6.12. The zero-order chi connectivity index (χ0) is 15.3. The van der Waals surface area contributed by atoms with Crippen LogP contribution in [-0.2, 0) is 4.79 Å². The van der Waals surface area contributed by atoms with Crippen LogP contribution < -0.4 is 11.1 Å². The number of halogens is 2. The molecule has 6 heteroatoms. The highest BCUT2D eigenvalue weighted by Gasteiger charge is 2.33. The molecule has 0 unspecified atom stereocenters. The Morgan fingerprint density at radius 1 is 1.14 bits per heavy atom. The first-order valence-corrected chi connectivity index (χ1v) is 7.72. The second kappa shape index (κ2) is 8.51. The highest BCUT2D eigenvalue weighted by molar-refractivity contribution is 6.30. The van der Waals surface area contributed by atoms with Crippen molar-refractivity contribution in [2.45, 2.75) is 44.1 Å². The third-order valence-corrected chi connectivity index (χ3v) is 4.35. The molecule has 0 aromatic heterocycles. The average Bonchev–Trinajstić information content (AvgIpc) is 2.94. The summed E-state index contributed by atoms with van der Waals surface area (Å²) >= 11 is 5.78. The summed E-state index contributed by atoms with van der Waals surface area (Å²) in [6.45, 7) is 0.462. The Kier molecular flexibility index (Phi) is 7.33. The fourth-order valence-corrected chi connectivity index (χ4v) is 2.92. The lowest BCUT2D eigenvalue weighted by atomic mass is 9.97. The maximum atomic E-state index is 12.0. The number of ketones is 1. The molecule has 1 amide bonds. The Balaban J connectivity index is 0.00000242. The second-order valence-electron chi connectivity index (χ2n) is 5.67. The number of hydrogen-bond donors (Lipinski definition) is 2. The van der Waals surface area contributed by atoms with E-state index in [0.717, 1.165) is 25.7 Å². The minimum absolute atomic E-state index is 0. The van der Waals surface area contributed by atoms with E-state index in [0.29, 0.717) is 17.1 Å². The Hall–Kier alpha value is -1.10. The van der Waals surface area contributed by atoms with Gasteiger partial charge in [-0.05, 0) is 37.1 Å². The van der Waals surface area contributed by atoms with Gasteiger partial charge in [-0.25, -0.2) is 0 Å². The normalized spacial score (nSPS) is 15.9. The van der Waals surface area contributed by atoms with Crippen LogP contribution in [0.5, 0.6) is 0 Å². The van der Waals surface area contributed by atoms with Crippen LogP contribution in [0, 0.1) is 0 Å². The number of rotatable bonds is 6. The van der Waals surface area contributed by atoms with Gasteiger partial charge in [-0.3, -0.25) is 9.59 Å². The van der Waals surface area contributed by atoms with Gasteiger partial charge >= 0.3 is 0 Å². The van der Waals surface area contributed by atoms with E-state index in [1.165, 1.54) is 0 Å². The highest BCUT2D eigenvalue weighted by Crippen LogP contribution is 2.28. The molecule has 0 atom stereocenters. The Morgan fingerprint density at radius 3 is 2.27 bits per heavy atom. The van der Waals surface area contributed by atoms with Crippen LogP contribution in [-0.4, -0.2) is 23.8 Å². The number of amides is 1. The van der Waals surface area contributed by atoms with E-state index in [-0.39, 0.29) is 42.5 Å². The molecule has 0 saturated heterocycles. The van der Waals surface area contributed by atoms with Gasteiger partial charge in [0.1, 0.15) is 0 Å². The summed E-state index contributed by atoms with van der Waals surface area (Å²) in [5, 5.41) is 3.61. The largest absolute Gasteiger partial charge is 0.349 e. The molecular formula is C16H22Cl2N2O2. The molecule has 0 heterocycles. The summed E-state index contributed by atoms with van der Waals surface area (Å²) in [5.74, 6) is -0.139. The predicted octanol–water partition coefficient (Wildman–Crippen LogP) is 3.11. The topological polar surface area (TPSA) is 72.2 Å². The van der Waals surface area contributed by atoms with Gasteiger partial charge in [0, 0.05) is 30.0 Å². The van der Waals surface area contributed by atoms with Crippen LogP contribution >= 0.6 is 24.0 Å². The maximum absolute atomic E-state index is 12.0. The minimum Gasteiger partial charge on any atom is -0.349 e. The van der Waals surface area contributed by atoms with Gasteiger partial charge in [0.15, 0.2) is 5.78 Å². The van der Waals surface area contributed by atoms with Crippen molar-refractivity contribution in [2.75, 3.05) is 6.54 Å². The molecule has 1 aromatic carbocycles. The summed E-state index contributed by atoms with van der Waals surface area (Å²) < 4.78 is 0. The molecular weight excluding hydrogens is 323 g/mol. The quantitative estimate of drug-likeness (QED) is 0.778. The lowest BCUT2D eigenvalue weighted by Gasteiger charge is -2.28. The van der Waals surface area contributed by atoms with Crippen molar-refractivity contribution in [3.8, 4) is 0 Å². The lowest BCUT2D eigenvalue weighted by molar-refractivity contribution is -0.122. The maximum Gasteiger partial charge on any atom is 0.220 e. The van der Waals surface area contributed by atoms with Crippen LogP contribution in [0.25, 0.3) is 0 Å². The molecule has 0 spiro atoms. The van der Waals surface area contributed by atoms with E-state index < -0.39 is 0 Å². The molecule has 3 N–H and O–H groups in total. The van der Waals surface area contributed by atoms with E-state index in [1.54, 1.807) is 24.3 Å². The Bertz CT molecular complexity index is 511. The van der Waals surface area contributed by atoms with Gasteiger partial charge in [0.25, 0.3) is 0 Å². The fourth-order valence-electron chi connectivity index (χ4n) is 2.80. The molecule has 0 bridgehead atoms. The average molecular weight is 345 g/mol. The second-order valence-corrected chi connectivity index (χ2v) is 6.11. The van der Waals surface area contributed by atoms with Gasteiger partial charge < -0.3 is 11.1 Å². The van der Waals surface area contributed by atoms with Crippen LogP contribution in [0.15, 0.2) is 24.3 Å². The number of nitrogens with one attached hydrogen (secondary N) is 1. The van der Waals surface area contributed by atoms with Gasteiger partial charge in [0.2, 0.25) is 5.91 Å². The molecule has 0 radical (unpaired) electrons. The molecule has 1 aliphatic carbocycles. The highest BCUT2D eigenvalue weighted by atomic mass is 35.5. The van der Waals surface area contributed by atoms with Crippen molar-refractivity contribution < 1.29 is 9.59 Å². The number of carbonyl (C=O) groups excluding carboxylic acids is 2. The van der Waals surface area contributed by atoms with E-state index in [1.807, 2.05) is 0 Å². The summed E-state index contributed by atoms with van der Waals surface area (Å²) in [6, 6.07) is 6.72. The number of carbonyl (C=O) groups is 2.